The van der Waals surface area contributed by atoms with Crippen molar-refractivity contribution < 1.29 is 39.8 Å². The van der Waals surface area contributed by atoms with Crippen LogP contribution in [0.3, 0.4) is 0 Å². The maximum Gasteiger partial charge on any atom is 0.306 e. The van der Waals surface area contributed by atoms with E-state index in [1.165, 1.54) is 58.3 Å². The Morgan fingerprint density at radius 3 is 1.89 bits per heavy atom. The molecule has 0 aromatic heterocycles. The molecule has 1 saturated heterocycles. The molecule has 0 spiro atoms. The molecule has 1 unspecified atom stereocenters. The summed E-state index contributed by atoms with van der Waals surface area (Å²) in [7, 11) is 0. The van der Waals surface area contributed by atoms with E-state index in [-0.39, 0.29) is 13.2 Å². The lowest BCUT2D eigenvalue weighted by molar-refractivity contribution is -0.162. The average molecular weight is 505 g/mol. The first-order valence-electron chi connectivity index (χ1n) is 13.6. The SMILES string of the molecule is CC(O)CO.CCCCCCCC/C=C\CCCCCCCC(=O)O[C@H](CO)[C@H]1OC[C@H](O)[C@H]1O. The maximum absolute atomic E-state index is 11.9. The van der Waals surface area contributed by atoms with Crippen LogP contribution in [-0.4, -0.2) is 81.8 Å². The molecule has 0 bridgehead atoms. The van der Waals surface area contributed by atoms with E-state index in [2.05, 4.69) is 19.1 Å². The molecule has 0 radical (unpaired) electrons. The molecule has 8 nitrogen and oxygen atoms in total. The Kier molecular flexibility index (Phi) is 22.7. The lowest BCUT2D eigenvalue weighted by atomic mass is 10.1. The van der Waals surface area contributed by atoms with Crippen LogP contribution in [0.2, 0.25) is 0 Å². The number of hydrogen-bond donors (Lipinski definition) is 5. The first kappa shape index (κ1) is 34.0. The highest BCUT2D eigenvalue weighted by Gasteiger charge is 2.41. The Morgan fingerprint density at radius 2 is 1.43 bits per heavy atom. The van der Waals surface area contributed by atoms with Gasteiger partial charge in [0.2, 0.25) is 0 Å². The fraction of sp³-hybridized carbons (Fsp3) is 0.889. The van der Waals surface area contributed by atoms with E-state index in [1.807, 2.05) is 0 Å². The number of carbonyl (C=O) groups is 1. The molecule has 1 heterocycles. The lowest BCUT2D eigenvalue weighted by Gasteiger charge is -2.24. The second kappa shape index (κ2) is 23.4. The highest BCUT2D eigenvalue weighted by atomic mass is 16.6. The van der Waals surface area contributed by atoms with E-state index in [4.69, 9.17) is 19.7 Å². The van der Waals surface area contributed by atoms with Gasteiger partial charge in [-0.05, 0) is 39.0 Å². The Bertz CT molecular complexity index is 511. The standard InChI is InChI=1S/C24H44O6.C3H8O2/c1-2-3-4-5-6-7-8-9-10-11-12-13-14-15-16-17-22(27)30-21(18-25)24-23(28)20(26)19-29-24;1-3(5)2-4/h9-10,20-21,23-26,28H,2-8,11-19H2,1H3;3-5H,2H2,1H3/b10-9-;/t20-,21+,23+,24+;/m0./s1. The van der Waals surface area contributed by atoms with Crippen molar-refractivity contribution in [3.8, 4) is 0 Å². The van der Waals surface area contributed by atoms with Crippen LogP contribution >= 0.6 is 0 Å². The number of aliphatic hydroxyl groups is 5. The normalized spacial score (nSPS) is 21.5. The molecule has 0 saturated carbocycles. The predicted molar refractivity (Wildman–Crippen MR) is 137 cm³/mol. The van der Waals surface area contributed by atoms with Crippen LogP contribution in [0.4, 0.5) is 0 Å². The van der Waals surface area contributed by atoms with Crippen molar-refractivity contribution in [3.63, 3.8) is 0 Å². The largest absolute Gasteiger partial charge is 0.457 e. The van der Waals surface area contributed by atoms with Crippen molar-refractivity contribution in [2.24, 2.45) is 0 Å². The Hall–Kier alpha value is -1.03. The molecule has 1 fully saturated rings. The average Bonchev–Trinajstić information content (AvgIpc) is 3.18. The number of rotatable bonds is 19. The number of allylic oxidation sites excluding steroid dienone is 2. The van der Waals surface area contributed by atoms with Crippen LogP contribution in [0.25, 0.3) is 0 Å². The fourth-order valence-electron chi connectivity index (χ4n) is 3.73. The molecule has 35 heavy (non-hydrogen) atoms. The number of aliphatic hydroxyl groups excluding tert-OH is 5. The summed E-state index contributed by atoms with van der Waals surface area (Å²) in [5.74, 6) is -0.399. The highest BCUT2D eigenvalue weighted by Crippen LogP contribution is 2.20. The summed E-state index contributed by atoms with van der Waals surface area (Å²) in [6.07, 6.45) is 16.0. The molecule has 0 aliphatic carbocycles. The summed E-state index contributed by atoms with van der Waals surface area (Å²) in [6, 6.07) is 0. The molecule has 0 aromatic rings. The Labute approximate surface area is 212 Å². The minimum absolute atomic E-state index is 0.0197. The van der Waals surface area contributed by atoms with Crippen LogP contribution in [0.15, 0.2) is 12.2 Å². The fourth-order valence-corrected chi connectivity index (χ4v) is 3.73. The Morgan fingerprint density at radius 1 is 0.914 bits per heavy atom. The summed E-state index contributed by atoms with van der Waals surface area (Å²) in [5, 5.41) is 44.7. The van der Waals surface area contributed by atoms with Gasteiger partial charge in [0, 0.05) is 6.42 Å². The van der Waals surface area contributed by atoms with E-state index >= 15 is 0 Å². The molecule has 1 rings (SSSR count). The van der Waals surface area contributed by atoms with Gasteiger partial charge in [-0.1, -0.05) is 70.4 Å². The van der Waals surface area contributed by atoms with Gasteiger partial charge in [-0.15, -0.1) is 0 Å². The first-order valence-corrected chi connectivity index (χ1v) is 13.6. The van der Waals surface area contributed by atoms with Crippen LogP contribution in [0.5, 0.6) is 0 Å². The number of unbranched alkanes of at least 4 members (excludes halogenated alkanes) is 11. The van der Waals surface area contributed by atoms with Gasteiger partial charge in [0.25, 0.3) is 0 Å². The minimum atomic E-state index is -1.14. The minimum Gasteiger partial charge on any atom is -0.457 e. The van der Waals surface area contributed by atoms with E-state index < -0.39 is 43.1 Å². The topological polar surface area (TPSA) is 137 Å². The van der Waals surface area contributed by atoms with Crippen molar-refractivity contribution >= 4 is 5.97 Å². The molecule has 1 aliphatic rings. The number of ether oxygens (including phenoxy) is 2. The van der Waals surface area contributed by atoms with Gasteiger partial charge in [-0.3, -0.25) is 4.79 Å². The monoisotopic (exact) mass is 504 g/mol. The maximum atomic E-state index is 11.9. The van der Waals surface area contributed by atoms with Crippen LogP contribution in [0.1, 0.15) is 104 Å². The molecular weight excluding hydrogens is 452 g/mol. The van der Waals surface area contributed by atoms with Crippen molar-refractivity contribution in [3.05, 3.63) is 12.2 Å². The zero-order valence-electron chi connectivity index (χ0n) is 22.0. The van der Waals surface area contributed by atoms with E-state index in [1.54, 1.807) is 0 Å². The molecule has 1 aliphatic heterocycles. The Balaban J connectivity index is 0.00000209. The van der Waals surface area contributed by atoms with Crippen molar-refractivity contribution in [2.45, 2.75) is 134 Å². The van der Waals surface area contributed by atoms with Gasteiger partial charge in [-0.2, -0.15) is 0 Å². The number of hydrogen-bond acceptors (Lipinski definition) is 8. The van der Waals surface area contributed by atoms with Gasteiger partial charge in [0.1, 0.15) is 18.3 Å². The number of esters is 1. The summed E-state index contributed by atoms with van der Waals surface area (Å²) in [5.41, 5.74) is 0. The van der Waals surface area contributed by atoms with E-state index in [0.29, 0.717) is 6.42 Å². The zero-order chi connectivity index (χ0) is 26.3. The van der Waals surface area contributed by atoms with E-state index in [0.717, 1.165) is 32.1 Å². The van der Waals surface area contributed by atoms with Crippen LogP contribution in [-0.2, 0) is 14.3 Å². The van der Waals surface area contributed by atoms with Crippen molar-refractivity contribution in [1.82, 2.24) is 0 Å². The quantitative estimate of drug-likeness (QED) is 0.103. The molecule has 0 amide bonds. The van der Waals surface area contributed by atoms with Crippen molar-refractivity contribution in [2.75, 3.05) is 19.8 Å². The third-order valence-corrected chi connectivity index (χ3v) is 5.93. The van der Waals surface area contributed by atoms with Gasteiger partial charge >= 0.3 is 5.97 Å². The molecule has 8 heteroatoms. The molecular formula is C27H52O8. The lowest BCUT2D eigenvalue weighted by Crippen LogP contribution is -2.43. The molecule has 5 atom stereocenters. The predicted octanol–water partition coefficient (Wildman–Crippen LogP) is 3.41. The van der Waals surface area contributed by atoms with Crippen LogP contribution < -0.4 is 0 Å². The van der Waals surface area contributed by atoms with Crippen LogP contribution in [0, 0.1) is 0 Å². The molecule has 208 valence electrons. The smallest absolute Gasteiger partial charge is 0.306 e. The zero-order valence-corrected chi connectivity index (χ0v) is 22.0. The van der Waals surface area contributed by atoms with Gasteiger partial charge in [0.15, 0.2) is 6.10 Å². The number of carbonyl (C=O) groups excluding carboxylic acids is 1. The third-order valence-electron chi connectivity index (χ3n) is 5.93. The second-order valence-electron chi connectivity index (χ2n) is 9.43. The van der Waals surface area contributed by atoms with Crippen molar-refractivity contribution in [1.29, 1.82) is 0 Å². The summed E-state index contributed by atoms with van der Waals surface area (Å²) >= 11 is 0. The van der Waals surface area contributed by atoms with E-state index in [9.17, 15) is 20.1 Å². The summed E-state index contributed by atoms with van der Waals surface area (Å²) < 4.78 is 10.4. The van der Waals surface area contributed by atoms with Gasteiger partial charge in [0.05, 0.1) is 25.9 Å². The molecule has 0 aromatic carbocycles. The third kappa shape index (κ3) is 18.8. The van der Waals surface area contributed by atoms with Gasteiger partial charge < -0.3 is 35.0 Å². The second-order valence-corrected chi connectivity index (χ2v) is 9.43. The van der Waals surface area contributed by atoms with Gasteiger partial charge in [-0.25, -0.2) is 0 Å². The summed E-state index contributed by atoms with van der Waals surface area (Å²) in [6.45, 7) is 3.18. The summed E-state index contributed by atoms with van der Waals surface area (Å²) in [4.78, 5) is 11.9. The molecule has 5 N–H and O–H groups in total. The highest BCUT2D eigenvalue weighted by molar-refractivity contribution is 5.69. The first-order chi connectivity index (χ1) is 16.9.